The van der Waals surface area contributed by atoms with E-state index in [-0.39, 0.29) is 17.6 Å². The van der Waals surface area contributed by atoms with Crippen LogP contribution in [0.2, 0.25) is 0 Å². The second-order valence-electron chi connectivity index (χ2n) is 3.16. The molecule has 4 heteroatoms. The highest BCUT2D eigenvalue weighted by molar-refractivity contribution is 5.91. The molecule has 4 nitrogen and oxygen atoms in total. The highest BCUT2D eigenvalue weighted by atomic mass is 16.5. The summed E-state index contributed by atoms with van der Waals surface area (Å²) in [4.78, 5) is 11.4. The molecule has 0 radical (unpaired) electrons. The van der Waals surface area contributed by atoms with E-state index in [9.17, 15) is 10.0 Å². The van der Waals surface area contributed by atoms with Crippen LogP contribution in [0.5, 0.6) is 0 Å². The Balaban J connectivity index is 2.13. The summed E-state index contributed by atoms with van der Waals surface area (Å²) in [6, 6.07) is 5.08. The van der Waals surface area contributed by atoms with Crippen molar-refractivity contribution >= 4 is 5.91 Å². The minimum atomic E-state index is -0.280. The van der Waals surface area contributed by atoms with E-state index >= 15 is 0 Å². The van der Waals surface area contributed by atoms with Gasteiger partial charge in [0.2, 0.25) is 0 Å². The van der Waals surface area contributed by atoms with E-state index in [1.54, 1.807) is 12.1 Å². The lowest BCUT2D eigenvalue weighted by Gasteiger charge is -2.03. The topological polar surface area (TPSA) is 56.0 Å². The molecule has 0 spiro atoms. The van der Waals surface area contributed by atoms with Crippen molar-refractivity contribution in [2.75, 3.05) is 0 Å². The van der Waals surface area contributed by atoms with Crippen molar-refractivity contribution in [1.82, 2.24) is 5.32 Å². The van der Waals surface area contributed by atoms with Crippen molar-refractivity contribution < 1.29 is 9.52 Å². The maximum absolute atomic E-state index is 11.4. The molecule has 1 aliphatic rings. The van der Waals surface area contributed by atoms with Crippen LogP contribution < -0.4 is 10.0 Å². The molecule has 1 N–H and O–H groups in total. The monoisotopic (exact) mass is 178 g/mol. The average molecular weight is 178 g/mol. The Kier molecular flexibility index (Phi) is 1.88. The van der Waals surface area contributed by atoms with Gasteiger partial charge in [0.15, 0.2) is 6.20 Å². The molecular formula is C9H10N2O2. The number of nitrogens with one attached hydrogen (secondary N) is 1. The number of hydrogen-bond acceptors (Lipinski definition) is 2. The van der Waals surface area contributed by atoms with Crippen molar-refractivity contribution in [2.24, 2.45) is 0 Å². The molecule has 0 unspecified atom stereocenters. The smallest absolute Gasteiger partial charge is 0.317 e. The third kappa shape index (κ3) is 1.77. The fraction of sp³-hybridized carbons (Fsp3) is 0.333. The standard InChI is InChI=1S/C9H10N2O2/c12-9(10-7-4-5-7)8-3-1-2-6-11(8)13/h1-3,6-7H,4-5H2,(H,10,12). The van der Waals surface area contributed by atoms with Gasteiger partial charge in [0.05, 0.1) is 0 Å². The molecule has 0 saturated heterocycles. The van der Waals surface area contributed by atoms with Crippen molar-refractivity contribution in [3.8, 4) is 0 Å². The van der Waals surface area contributed by atoms with Crippen molar-refractivity contribution in [2.45, 2.75) is 18.9 Å². The molecule has 1 aliphatic carbocycles. The van der Waals surface area contributed by atoms with Crippen LogP contribution in [0.1, 0.15) is 23.3 Å². The van der Waals surface area contributed by atoms with Crippen LogP contribution in [0, 0.1) is 5.21 Å². The number of pyridine rings is 1. The normalized spacial score (nSPS) is 15.4. The Morgan fingerprint density at radius 2 is 2.31 bits per heavy atom. The molecule has 0 aliphatic heterocycles. The Labute approximate surface area is 75.8 Å². The predicted octanol–water partition coefficient (Wildman–Crippen LogP) is 0.212. The van der Waals surface area contributed by atoms with E-state index in [2.05, 4.69) is 5.32 Å². The molecule has 1 heterocycles. The number of amides is 1. The minimum Gasteiger partial charge on any atom is -0.618 e. The average Bonchev–Trinajstić information content (AvgIpc) is 2.89. The van der Waals surface area contributed by atoms with Gasteiger partial charge >= 0.3 is 5.91 Å². The summed E-state index contributed by atoms with van der Waals surface area (Å²) in [6.07, 6.45) is 3.37. The van der Waals surface area contributed by atoms with Crippen molar-refractivity contribution in [1.29, 1.82) is 0 Å². The van der Waals surface area contributed by atoms with Gasteiger partial charge < -0.3 is 10.5 Å². The van der Waals surface area contributed by atoms with Crippen LogP contribution in [-0.4, -0.2) is 11.9 Å². The predicted molar refractivity (Wildman–Crippen MR) is 45.9 cm³/mol. The van der Waals surface area contributed by atoms with Gasteiger partial charge in [-0.3, -0.25) is 4.79 Å². The highest BCUT2D eigenvalue weighted by Gasteiger charge is 2.26. The molecule has 68 valence electrons. The fourth-order valence-corrected chi connectivity index (χ4v) is 1.09. The molecule has 0 aromatic carbocycles. The third-order valence-electron chi connectivity index (χ3n) is 1.97. The molecule has 1 amide bonds. The van der Waals surface area contributed by atoms with Crippen LogP contribution >= 0.6 is 0 Å². The maximum Gasteiger partial charge on any atom is 0.317 e. The zero-order chi connectivity index (χ0) is 9.26. The van der Waals surface area contributed by atoms with Gasteiger partial charge in [-0.2, -0.15) is 4.73 Å². The molecule has 1 saturated carbocycles. The van der Waals surface area contributed by atoms with Gasteiger partial charge in [-0.15, -0.1) is 0 Å². The molecular weight excluding hydrogens is 168 g/mol. The van der Waals surface area contributed by atoms with E-state index < -0.39 is 0 Å². The first-order chi connectivity index (χ1) is 6.27. The Morgan fingerprint density at radius 1 is 1.54 bits per heavy atom. The summed E-state index contributed by atoms with van der Waals surface area (Å²) in [5.41, 5.74) is 0.161. The molecule has 1 aromatic rings. The van der Waals surface area contributed by atoms with Gasteiger partial charge in [-0.1, -0.05) is 0 Å². The fourth-order valence-electron chi connectivity index (χ4n) is 1.09. The Hall–Kier alpha value is -1.58. The first-order valence-corrected chi connectivity index (χ1v) is 4.26. The van der Waals surface area contributed by atoms with Gasteiger partial charge in [0.25, 0.3) is 5.69 Å². The van der Waals surface area contributed by atoms with Gasteiger partial charge in [0.1, 0.15) is 0 Å². The van der Waals surface area contributed by atoms with E-state index in [4.69, 9.17) is 0 Å². The SMILES string of the molecule is O=C(NC1CC1)c1cccc[n+]1[O-]. The van der Waals surface area contributed by atoms with Crippen LogP contribution in [0.15, 0.2) is 24.4 Å². The van der Waals surface area contributed by atoms with Crippen LogP contribution in [0.25, 0.3) is 0 Å². The van der Waals surface area contributed by atoms with Crippen LogP contribution in [0.3, 0.4) is 0 Å². The number of rotatable bonds is 2. The van der Waals surface area contributed by atoms with Crippen LogP contribution in [0.4, 0.5) is 0 Å². The third-order valence-corrected chi connectivity index (χ3v) is 1.97. The van der Waals surface area contributed by atoms with Crippen LogP contribution in [-0.2, 0) is 0 Å². The van der Waals surface area contributed by atoms with Gasteiger partial charge in [0, 0.05) is 18.2 Å². The van der Waals surface area contributed by atoms with Gasteiger partial charge in [-0.25, -0.2) is 0 Å². The summed E-state index contributed by atoms with van der Waals surface area (Å²) in [5.74, 6) is -0.280. The lowest BCUT2D eigenvalue weighted by Crippen LogP contribution is -2.39. The molecule has 0 atom stereocenters. The van der Waals surface area contributed by atoms with E-state index in [0.717, 1.165) is 12.8 Å². The largest absolute Gasteiger partial charge is 0.618 e. The number of hydrogen-bond donors (Lipinski definition) is 1. The Bertz CT molecular complexity index is 334. The first kappa shape index (κ1) is 8.04. The zero-order valence-electron chi connectivity index (χ0n) is 7.06. The summed E-state index contributed by atoms with van der Waals surface area (Å²) in [7, 11) is 0. The second-order valence-corrected chi connectivity index (χ2v) is 3.16. The first-order valence-electron chi connectivity index (χ1n) is 4.26. The summed E-state index contributed by atoms with van der Waals surface area (Å²) >= 11 is 0. The Morgan fingerprint density at radius 3 is 2.92 bits per heavy atom. The summed E-state index contributed by atoms with van der Waals surface area (Å²) < 4.78 is 0.581. The number of aromatic nitrogens is 1. The lowest BCUT2D eigenvalue weighted by molar-refractivity contribution is -0.607. The van der Waals surface area contributed by atoms with Crippen molar-refractivity contribution in [3.63, 3.8) is 0 Å². The molecule has 13 heavy (non-hydrogen) atoms. The number of nitrogens with zero attached hydrogens (tertiary/aromatic N) is 1. The van der Waals surface area contributed by atoms with E-state index in [1.807, 2.05) is 0 Å². The number of carbonyl (C=O) groups excluding carboxylic acids is 1. The van der Waals surface area contributed by atoms with E-state index in [1.165, 1.54) is 12.3 Å². The van der Waals surface area contributed by atoms with Gasteiger partial charge in [-0.05, 0) is 18.9 Å². The lowest BCUT2D eigenvalue weighted by atomic mass is 10.3. The number of carbonyl (C=O) groups is 1. The maximum atomic E-state index is 11.4. The quantitative estimate of drug-likeness (QED) is 0.520. The molecule has 2 rings (SSSR count). The molecule has 0 bridgehead atoms. The highest BCUT2D eigenvalue weighted by Crippen LogP contribution is 2.18. The second kappa shape index (κ2) is 3.05. The van der Waals surface area contributed by atoms with Crippen molar-refractivity contribution in [3.05, 3.63) is 35.3 Å². The minimum absolute atomic E-state index is 0.161. The zero-order valence-corrected chi connectivity index (χ0v) is 7.06. The summed E-state index contributed by atoms with van der Waals surface area (Å²) in [6.45, 7) is 0. The molecule has 1 aromatic heterocycles. The summed E-state index contributed by atoms with van der Waals surface area (Å²) in [5, 5.41) is 13.9. The van der Waals surface area contributed by atoms with E-state index in [0.29, 0.717) is 4.73 Å². The molecule has 1 fully saturated rings.